The van der Waals surface area contributed by atoms with Crippen LogP contribution in [0.4, 0.5) is 0 Å². The summed E-state index contributed by atoms with van der Waals surface area (Å²) in [6.07, 6.45) is 3.25. The van der Waals surface area contributed by atoms with Crippen molar-refractivity contribution in [3.63, 3.8) is 0 Å². The third kappa shape index (κ3) is 4.14. The molecule has 2 heterocycles. The molecule has 0 aliphatic rings. The Morgan fingerprint density at radius 1 is 0.640 bits per heavy atom. The van der Waals surface area contributed by atoms with Crippen LogP contribution in [-0.4, -0.2) is 20.2 Å². The Bertz CT molecular complexity index is 864. The number of pyridine rings is 2. The second kappa shape index (κ2) is 8.36. The van der Waals surface area contributed by atoms with Crippen molar-refractivity contribution >= 4 is 45.0 Å². The maximum atomic E-state index is 9.37. The van der Waals surface area contributed by atoms with Gasteiger partial charge in [0.05, 0.1) is 10.0 Å². The van der Waals surface area contributed by atoms with Crippen molar-refractivity contribution in [1.82, 2.24) is 9.97 Å². The number of nitrogens with zero attached hydrogens (tertiary/aromatic N) is 2. The normalized spacial score (nSPS) is 10.0. The minimum Gasteiger partial charge on any atom is -0.506 e. The minimum atomic E-state index is 0. The number of rotatable bonds is 0. The van der Waals surface area contributed by atoms with E-state index < -0.39 is 0 Å². The van der Waals surface area contributed by atoms with Gasteiger partial charge in [0, 0.05) is 23.2 Å². The van der Waals surface area contributed by atoms with Crippen molar-refractivity contribution < 1.29 is 27.3 Å². The molecule has 0 saturated heterocycles. The summed E-state index contributed by atoms with van der Waals surface area (Å²) in [5, 5.41) is 21.5. The molecule has 2 aromatic heterocycles. The second-order valence-corrected chi connectivity index (χ2v) is 5.75. The summed E-state index contributed by atoms with van der Waals surface area (Å²) in [6.45, 7) is 0. The van der Waals surface area contributed by atoms with E-state index in [0.717, 1.165) is 10.8 Å². The summed E-state index contributed by atoms with van der Waals surface area (Å²) < 4.78 is 0. The topological polar surface area (TPSA) is 66.2 Å². The number of halogens is 2. The van der Waals surface area contributed by atoms with E-state index in [1.807, 2.05) is 12.1 Å². The van der Waals surface area contributed by atoms with Gasteiger partial charge in [-0.05, 0) is 48.5 Å². The summed E-state index contributed by atoms with van der Waals surface area (Å²) in [6, 6.07) is 13.6. The zero-order chi connectivity index (χ0) is 17.1. The molecule has 0 aliphatic heterocycles. The summed E-state index contributed by atoms with van der Waals surface area (Å²) in [5.41, 5.74) is 1.09. The van der Waals surface area contributed by atoms with Gasteiger partial charge >= 0.3 is 17.1 Å². The molecular weight excluding hydrogens is 411 g/mol. The number of aromatic nitrogens is 2. The van der Waals surface area contributed by atoms with Crippen LogP contribution in [-0.2, 0) is 17.1 Å². The Kier molecular flexibility index (Phi) is 6.45. The molecule has 7 heteroatoms. The van der Waals surface area contributed by atoms with E-state index in [9.17, 15) is 10.2 Å². The van der Waals surface area contributed by atoms with E-state index in [-0.39, 0.29) is 28.6 Å². The van der Waals surface area contributed by atoms with Crippen LogP contribution in [0.1, 0.15) is 0 Å². The SMILES string of the molecule is Oc1ccc(Cl)c2cccnc12.Oc1ccc(Cl)c2cccnc12.[Cu+2]. The molecule has 4 rings (SSSR count). The van der Waals surface area contributed by atoms with Gasteiger partial charge in [-0.25, -0.2) is 0 Å². The first kappa shape index (κ1) is 19.3. The van der Waals surface area contributed by atoms with Crippen LogP contribution in [0, 0.1) is 0 Å². The summed E-state index contributed by atoms with van der Waals surface area (Å²) in [5.74, 6) is 0.324. The zero-order valence-corrected chi connectivity index (χ0v) is 15.1. The van der Waals surface area contributed by atoms with Gasteiger partial charge in [-0.3, -0.25) is 9.97 Å². The van der Waals surface area contributed by atoms with Gasteiger partial charge in [0.2, 0.25) is 0 Å². The summed E-state index contributed by atoms with van der Waals surface area (Å²) >= 11 is 11.8. The van der Waals surface area contributed by atoms with Crippen LogP contribution in [0.2, 0.25) is 10.0 Å². The molecule has 0 spiro atoms. The Labute approximate surface area is 164 Å². The van der Waals surface area contributed by atoms with Gasteiger partial charge in [-0.1, -0.05) is 23.2 Å². The first-order valence-corrected chi connectivity index (χ1v) is 7.78. The molecule has 0 amide bonds. The largest absolute Gasteiger partial charge is 2.00 e. The van der Waals surface area contributed by atoms with Crippen LogP contribution in [0.5, 0.6) is 11.5 Å². The van der Waals surface area contributed by atoms with Crippen molar-refractivity contribution in [1.29, 1.82) is 0 Å². The Morgan fingerprint density at radius 2 is 1.04 bits per heavy atom. The first-order valence-electron chi connectivity index (χ1n) is 7.02. The molecule has 2 aromatic carbocycles. The Balaban J connectivity index is 0.000000173. The van der Waals surface area contributed by atoms with E-state index in [1.165, 1.54) is 12.1 Å². The quantitative estimate of drug-likeness (QED) is 0.383. The number of benzene rings is 2. The van der Waals surface area contributed by atoms with Crippen molar-refractivity contribution in [2.24, 2.45) is 0 Å². The molecule has 2 N–H and O–H groups in total. The number of phenolic OH excluding ortho intramolecular Hbond substituents is 2. The predicted molar refractivity (Wildman–Crippen MR) is 96.8 cm³/mol. The van der Waals surface area contributed by atoms with Gasteiger partial charge in [0.25, 0.3) is 0 Å². The van der Waals surface area contributed by atoms with Crippen molar-refractivity contribution in [3.8, 4) is 11.5 Å². The van der Waals surface area contributed by atoms with Gasteiger partial charge < -0.3 is 10.2 Å². The fraction of sp³-hybridized carbons (Fsp3) is 0. The molecule has 1 radical (unpaired) electrons. The Morgan fingerprint density at radius 3 is 1.40 bits per heavy atom. The number of fused-ring (bicyclic) bond motifs is 2. The zero-order valence-electron chi connectivity index (χ0n) is 12.6. The molecule has 0 aliphatic carbocycles. The van der Waals surface area contributed by atoms with Gasteiger partial charge in [0.15, 0.2) is 0 Å². The Hall–Kier alpha value is -2.04. The average molecular weight is 423 g/mol. The monoisotopic (exact) mass is 421 g/mol. The fourth-order valence-electron chi connectivity index (χ4n) is 2.25. The van der Waals surface area contributed by atoms with E-state index in [0.29, 0.717) is 21.1 Å². The molecule has 0 saturated carbocycles. The molecule has 0 fully saturated rings. The van der Waals surface area contributed by atoms with Crippen molar-refractivity contribution in [2.45, 2.75) is 0 Å². The van der Waals surface area contributed by atoms with Crippen LogP contribution in [0.15, 0.2) is 60.9 Å². The maximum Gasteiger partial charge on any atom is 2.00 e. The van der Waals surface area contributed by atoms with Crippen LogP contribution < -0.4 is 0 Å². The summed E-state index contributed by atoms with van der Waals surface area (Å²) in [7, 11) is 0. The van der Waals surface area contributed by atoms with Crippen LogP contribution in [0.3, 0.4) is 0 Å². The molecular formula is C18H12Cl2CuN2O2+2. The standard InChI is InChI=1S/2C9H6ClNO.Cu/c2*10-7-3-4-8(12)9-6(7)2-1-5-11-9;/h2*1-5,12H;/q;;+2. The van der Waals surface area contributed by atoms with Crippen LogP contribution >= 0.6 is 23.2 Å². The van der Waals surface area contributed by atoms with E-state index in [2.05, 4.69) is 9.97 Å². The molecule has 4 aromatic rings. The third-order valence-electron chi connectivity index (χ3n) is 3.39. The molecule has 25 heavy (non-hydrogen) atoms. The van der Waals surface area contributed by atoms with Gasteiger partial charge in [0.1, 0.15) is 22.5 Å². The molecule has 0 atom stereocenters. The van der Waals surface area contributed by atoms with Gasteiger partial charge in [-0.2, -0.15) is 0 Å². The van der Waals surface area contributed by atoms with Crippen LogP contribution in [0.25, 0.3) is 21.8 Å². The molecule has 129 valence electrons. The average Bonchev–Trinajstić information content (AvgIpc) is 2.63. The number of hydrogen-bond donors (Lipinski definition) is 2. The minimum absolute atomic E-state index is 0. The number of aromatic hydroxyl groups is 2. The van der Waals surface area contributed by atoms with Crippen molar-refractivity contribution in [3.05, 3.63) is 71.0 Å². The number of hydrogen-bond acceptors (Lipinski definition) is 4. The van der Waals surface area contributed by atoms with Crippen molar-refractivity contribution in [2.75, 3.05) is 0 Å². The fourth-order valence-corrected chi connectivity index (χ4v) is 2.68. The van der Waals surface area contributed by atoms with E-state index >= 15 is 0 Å². The third-order valence-corrected chi connectivity index (χ3v) is 4.05. The number of phenols is 2. The molecule has 0 unspecified atom stereocenters. The first-order chi connectivity index (χ1) is 11.6. The maximum absolute atomic E-state index is 9.37. The second-order valence-electron chi connectivity index (χ2n) is 4.93. The smallest absolute Gasteiger partial charge is 0.506 e. The van der Waals surface area contributed by atoms with E-state index in [4.69, 9.17) is 23.2 Å². The molecule has 0 bridgehead atoms. The van der Waals surface area contributed by atoms with Gasteiger partial charge in [-0.15, -0.1) is 0 Å². The van der Waals surface area contributed by atoms with E-state index in [1.54, 1.807) is 36.7 Å². The summed E-state index contributed by atoms with van der Waals surface area (Å²) in [4.78, 5) is 8.01. The molecule has 4 nitrogen and oxygen atoms in total. The predicted octanol–water partition coefficient (Wildman–Crippen LogP) is 5.19.